The van der Waals surface area contributed by atoms with Gasteiger partial charge in [0.25, 0.3) is 0 Å². The van der Waals surface area contributed by atoms with Crippen molar-refractivity contribution in [1.82, 2.24) is 9.55 Å². The number of rotatable bonds is 2. The van der Waals surface area contributed by atoms with Crippen molar-refractivity contribution in [2.75, 3.05) is 0 Å². The number of carboxylic acid groups (broad SMARTS) is 1. The second-order valence-electron chi connectivity index (χ2n) is 4.50. The van der Waals surface area contributed by atoms with Crippen LogP contribution in [0.15, 0.2) is 42.6 Å². The van der Waals surface area contributed by atoms with E-state index in [1.54, 1.807) is 18.2 Å². The van der Waals surface area contributed by atoms with Crippen molar-refractivity contribution in [2.45, 2.75) is 0 Å². The number of hydrogen-bond donors (Lipinski definition) is 1. The number of pyridine rings is 1. The molecule has 3 aromatic rings. The van der Waals surface area contributed by atoms with Gasteiger partial charge in [0.05, 0.1) is 22.5 Å². The molecule has 4 nitrogen and oxygen atoms in total. The van der Waals surface area contributed by atoms with E-state index in [4.69, 9.17) is 5.11 Å². The maximum atomic E-state index is 13.8. The summed E-state index contributed by atoms with van der Waals surface area (Å²) in [6.45, 7) is 0. The van der Waals surface area contributed by atoms with E-state index in [2.05, 4.69) is 4.98 Å². The fourth-order valence-electron chi connectivity index (χ4n) is 2.24. The van der Waals surface area contributed by atoms with Gasteiger partial charge in [0, 0.05) is 18.6 Å². The van der Waals surface area contributed by atoms with Gasteiger partial charge in [-0.2, -0.15) is 0 Å². The molecule has 20 heavy (non-hydrogen) atoms. The number of carbonyl (C=O) groups is 1. The molecule has 0 atom stereocenters. The van der Waals surface area contributed by atoms with Crippen LogP contribution in [0.25, 0.3) is 22.3 Å². The van der Waals surface area contributed by atoms with Crippen LogP contribution in [0.1, 0.15) is 10.4 Å². The zero-order valence-electron chi connectivity index (χ0n) is 10.7. The van der Waals surface area contributed by atoms with Gasteiger partial charge in [-0.15, -0.1) is 0 Å². The molecule has 0 amide bonds. The number of aromatic nitrogens is 2. The smallest absolute Gasteiger partial charge is 0.337 e. The molecule has 0 saturated heterocycles. The summed E-state index contributed by atoms with van der Waals surface area (Å²) >= 11 is 0. The molecule has 0 aliphatic rings. The Morgan fingerprint density at radius 3 is 2.70 bits per heavy atom. The summed E-state index contributed by atoms with van der Waals surface area (Å²) in [7, 11) is 1.82. The van der Waals surface area contributed by atoms with E-state index in [1.807, 2.05) is 17.7 Å². The Balaban J connectivity index is 2.17. The van der Waals surface area contributed by atoms with E-state index in [9.17, 15) is 9.18 Å². The Labute approximate surface area is 114 Å². The minimum Gasteiger partial charge on any atom is -0.478 e. The van der Waals surface area contributed by atoms with Crippen LogP contribution in [0.3, 0.4) is 0 Å². The average molecular weight is 270 g/mol. The Hall–Kier alpha value is -2.69. The highest BCUT2D eigenvalue weighted by Gasteiger charge is 2.12. The lowest BCUT2D eigenvalue weighted by Gasteiger charge is -2.04. The average Bonchev–Trinajstić information content (AvgIpc) is 2.78. The van der Waals surface area contributed by atoms with E-state index in [0.717, 1.165) is 11.2 Å². The van der Waals surface area contributed by atoms with Crippen molar-refractivity contribution < 1.29 is 14.3 Å². The van der Waals surface area contributed by atoms with Crippen molar-refractivity contribution >= 4 is 16.9 Å². The Kier molecular flexibility index (Phi) is 2.75. The molecule has 3 rings (SSSR count). The predicted octanol–water partition coefficient (Wildman–Crippen LogP) is 3.08. The number of hydrogen-bond acceptors (Lipinski definition) is 2. The maximum absolute atomic E-state index is 13.8. The maximum Gasteiger partial charge on any atom is 0.337 e. The zero-order valence-corrected chi connectivity index (χ0v) is 10.7. The largest absolute Gasteiger partial charge is 0.478 e. The number of fused-ring (bicyclic) bond motifs is 1. The standard InChI is InChI=1S/C15H11FN2O2/c1-18-13-4-2-3-11(16)10(13)7-14(18)12-6-5-9(8-17-12)15(19)20/h2-8H,1H3,(H,19,20). The third kappa shape index (κ3) is 1.84. The minimum absolute atomic E-state index is 0.124. The van der Waals surface area contributed by atoms with Gasteiger partial charge in [0.2, 0.25) is 0 Å². The summed E-state index contributed by atoms with van der Waals surface area (Å²) in [4.78, 5) is 14.9. The SMILES string of the molecule is Cn1c(-c2ccc(C(=O)O)cn2)cc2c(F)cccc21. The van der Waals surface area contributed by atoms with E-state index < -0.39 is 5.97 Å². The van der Waals surface area contributed by atoms with Gasteiger partial charge in [-0.25, -0.2) is 9.18 Å². The van der Waals surface area contributed by atoms with Crippen LogP contribution in [0.2, 0.25) is 0 Å². The number of carboxylic acids is 1. The lowest BCUT2D eigenvalue weighted by molar-refractivity contribution is 0.0696. The molecule has 0 radical (unpaired) electrons. The second kappa shape index (κ2) is 4.45. The summed E-state index contributed by atoms with van der Waals surface area (Å²) < 4.78 is 15.6. The molecule has 0 aliphatic heterocycles. The van der Waals surface area contributed by atoms with Crippen molar-refractivity contribution in [3.8, 4) is 11.4 Å². The van der Waals surface area contributed by atoms with E-state index in [-0.39, 0.29) is 11.4 Å². The number of nitrogens with zero attached hydrogens (tertiary/aromatic N) is 2. The summed E-state index contributed by atoms with van der Waals surface area (Å²) in [6.07, 6.45) is 1.30. The van der Waals surface area contributed by atoms with E-state index >= 15 is 0 Å². The van der Waals surface area contributed by atoms with Crippen LogP contribution in [0.4, 0.5) is 4.39 Å². The Bertz CT molecular complexity index is 807. The summed E-state index contributed by atoms with van der Waals surface area (Å²) in [5, 5.41) is 9.38. The van der Waals surface area contributed by atoms with Crippen molar-refractivity contribution in [2.24, 2.45) is 7.05 Å². The van der Waals surface area contributed by atoms with Crippen molar-refractivity contribution in [3.05, 3.63) is 54.0 Å². The first-order valence-electron chi connectivity index (χ1n) is 6.01. The van der Waals surface area contributed by atoms with E-state index in [0.29, 0.717) is 11.1 Å². The first kappa shape index (κ1) is 12.3. The molecule has 2 aromatic heterocycles. The highest BCUT2D eigenvalue weighted by molar-refractivity contribution is 5.89. The molecule has 0 unspecified atom stereocenters. The summed E-state index contributed by atoms with van der Waals surface area (Å²) in [5.41, 5.74) is 2.23. The number of aromatic carboxylic acids is 1. The van der Waals surface area contributed by atoms with Gasteiger partial charge in [-0.1, -0.05) is 6.07 Å². The zero-order chi connectivity index (χ0) is 14.3. The highest BCUT2D eigenvalue weighted by atomic mass is 19.1. The first-order valence-corrected chi connectivity index (χ1v) is 6.01. The van der Waals surface area contributed by atoms with Crippen LogP contribution >= 0.6 is 0 Å². The van der Waals surface area contributed by atoms with Crippen molar-refractivity contribution in [1.29, 1.82) is 0 Å². The Morgan fingerprint density at radius 2 is 2.10 bits per heavy atom. The number of halogens is 1. The molecule has 0 saturated carbocycles. The molecule has 0 bridgehead atoms. The molecule has 1 aromatic carbocycles. The molecule has 1 N–H and O–H groups in total. The molecule has 100 valence electrons. The van der Waals surface area contributed by atoms with Gasteiger partial charge in [-0.3, -0.25) is 4.98 Å². The minimum atomic E-state index is -1.02. The second-order valence-corrected chi connectivity index (χ2v) is 4.50. The molecule has 0 spiro atoms. The van der Waals surface area contributed by atoms with Gasteiger partial charge in [-0.05, 0) is 30.3 Å². The lowest BCUT2D eigenvalue weighted by Crippen LogP contribution is -1.98. The molecule has 2 heterocycles. The van der Waals surface area contributed by atoms with E-state index in [1.165, 1.54) is 18.3 Å². The summed E-state index contributed by atoms with van der Waals surface area (Å²) in [6, 6.07) is 9.71. The normalized spacial score (nSPS) is 10.9. The molecule has 0 fully saturated rings. The van der Waals surface area contributed by atoms with Crippen LogP contribution in [0.5, 0.6) is 0 Å². The molecule has 0 aliphatic carbocycles. The van der Waals surface area contributed by atoms with Crippen molar-refractivity contribution in [3.63, 3.8) is 0 Å². The Morgan fingerprint density at radius 1 is 1.30 bits per heavy atom. The highest BCUT2D eigenvalue weighted by Crippen LogP contribution is 2.27. The predicted molar refractivity (Wildman–Crippen MR) is 73.1 cm³/mol. The van der Waals surface area contributed by atoms with Crippen LogP contribution < -0.4 is 0 Å². The quantitative estimate of drug-likeness (QED) is 0.778. The monoisotopic (exact) mass is 270 g/mol. The van der Waals surface area contributed by atoms with Crippen LogP contribution in [-0.4, -0.2) is 20.6 Å². The molecular formula is C15H11FN2O2. The number of benzene rings is 1. The topological polar surface area (TPSA) is 55.1 Å². The van der Waals surface area contributed by atoms with Crippen LogP contribution in [-0.2, 0) is 7.05 Å². The third-order valence-electron chi connectivity index (χ3n) is 3.31. The lowest BCUT2D eigenvalue weighted by atomic mass is 10.2. The van der Waals surface area contributed by atoms with Gasteiger partial charge in [0.15, 0.2) is 0 Å². The fraction of sp³-hybridized carbons (Fsp3) is 0.0667. The fourth-order valence-corrected chi connectivity index (χ4v) is 2.24. The molecular weight excluding hydrogens is 259 g/mol. The van der Waals surface area contributed by atoms with Crippen LogP contribution in [0, 0.1) is 5.82 Å². The first-order chi connectivity index (χ1) is 9.58. The number of aryl methyl sites for hydroxylation is 1. The third-order valence-corrected chi connectivity index (χ3v) is 3.31. The summed E-state index contributed by atoms with van der Waals surface area (Å²) in [5.74, 6) is -1.31. The van der Waals surface area contributed by atoms with Gasteiger partial charge < -0.3 is 9.67 Å². The molecule has 5 heteroatoms. The van der Waals surface area contributed by atoms with Gasteiger partial charge in [0.1, 0.15) is 5.82 Å². The van der Waals surface area contributed by atoms with Gasteiger partial charge >= 0.3 is 5.97 Å².